The summed E-state index contributed by atoms with van der Waals surface area (Å²) >= 11 is 0. The van der Waals surface area contributed by atoms with E-state index >= 15 is 0 Å². The topological polar surface area (TPSA) is 223 Å². The van der Waals surface area contributed by atoms with Crippen molar-refractivity contribution < 1.29 is 77.5 Å². The molecule has 6 aromatic carbocycles. The number of hydrogen-bond donors (Lipinski definition) is 4. The Bertz CT molecular complexity index is 2940. The van der Waals surface area contributed by atoms with E-state index in [2.05, 4.69) is 26.3 Å². The van der Waals surface area contributed by atoms with Crippen LogP contribution in [0.2, 0.25) is 0 Å². The minimum Gasteiger partial charge on any atom is -0.479 e. The summed E-state index contributed by atoms with van der Waals surface area (Å²) in [6, 6.07) is 47.4. The molecule has 0 aliphatic carbocycles. The van der Waals surface area contributed by atoms with Gasteiger partial charge in [0.15, 0.2) is 24.4 Å². The van der Waals surface area contributed by atoms with Crippen LogP contribution < -0.4 is 18.9 Å². The molecule has 6 rings (SSSR count). The first-order chi connectivity index (χ1) is 41.6. The fraction of sp³-hybridized carbons (Fsp3) is 0.314. The van der Waals surface area contributed by atoms with Gasteiger partial charge in [-0.3, -0.25) is 0 Å². The number of para-hydroxylation sites is 2. The molecular weight excluding hydrogens is 1100 g/mol. The summed E-state index contributed by atoms with van der Waals surface area (Å²) in [4.78, 5) is 48.4. The number of carbonyl (C=O) groups is 4. The second-order valence-electron chi connectivity index (χ2n) is 19.9. The fourth-order valence-corrected chi connectivity index (χ4v) is 7.75. The van der Waals surface area contributed by atoms with Gasteiger partial charge in [-0.1, -0.05) is 200 Å². The molecule has 0 unspecified atom stereocenters. The van der Waals surface area contributed by atoms with Crippen LogP contribution in [0.5, 0.6) is 23.0 Å². The number of aliphatic hydroxyl groups excluding tert-OH is 4. The molecule has 16 heteroatoms. The second-order valence-corrected chi connectivity index (χ2v) is 19.9. The SMILES string of the molecule is C=CCOC(=O)[C@H](CC(C)C)Oc1cccc(CO)c1.C=CCOC(=O)[C@H](CC(C)C)Oc1ccccc1CO.C=CCOC(=O)[C@H](Cc1ccccc1)Oc1cccc(CO)c1.C=CCOC(=O)[C@H](Cc1ccccc1)Oc1ccccc1CO. The molecule has 16 nitrogen and oxygen atoms in total. The first kappa shape index (κ1) is 71.5. The summed E-state index contributed by atoms with van der Waals surface area (Å²) in [7, 11) is 0. The van der Waals surface area contributed by atoms with Gasteiger partial charge in [0.25, 0.3) is 0 Å². The maximum atomic E-state index is 12.3. The Morgan fingerprint density at radius 1 is 0.372 bits per heavy atom. The van der Waals surface area contributed by atoms with Crippen LogP contribution >= 0.6 is 0 Å². The average Bonchev–Trinajstić information content (AvgIpc) is 3.72. The molecule has 0 saturated carbocycles. The lowest BCUT2D eigenvalue weighted by Crippen LogP contribution is -2.32. The van der Waals surface area contributed by atoms with Gasteiger partial charge in [-0.2, -0.15) is 0 Å². The van der Waals surface area contributed by atoms with Gasteiger partial charge in [-0.15, -0.1) is 0 Å². The summed E-state index contributed by atoms with van der Waals surface area (Å²) in [6.07, 6.45) is 5.11. The highest BCUT2D eigenvalue weighted by Crippen LogP contribution is 2.25. The third-order valence-corrected chi connectivity index (χ3v) is 11.9. The van der Waals surface area contributed by atoms with Crippen LogP contribution in [-0.4, -0.2) is 95.1 Å². The van der Waals surface area contributed by atoms with Gasteiger partial charge < -0.3 is 58.3 Å². The number of aliphatic hydroxyl groups is 4. The van der Waals surface area contributed by atoms with Gasteiger partial charge >= 0.3 is 23.9 Å². The molecule has 0 aliphatic heterocycles. The van der Waals surface area contributed by atoms with E-state index in [-0.39, 0.29) is 58.8 Å². The molecular formula is C70H84O16. The van der Waals surface area contributed by atoms with Crippen LogP contribution in [0.1, 0.15) is 73.9 Å². The van der Waals surface area contributed by atoms with Crippen molar-refractivity contribution in [2.45, 2.75) is 104 Å². The molecule has 0 bridgehead atoms. The highest BCUT2D eigenvalue weighted by molar-refractivity contribution is 5.77. The van der Waals surface area contributed by atoms with Crippen molar-refractivity contribution in [1.29, 1.82) is 0 Å². The molecule has 4 atom stereocenters. The predicted octanol–water partition coefficient (Wildman–Crippen LogP) is 11.2. The molecule has 0 aliphatic rings. The van der Waals surface area contributed by atoms with Crippen molar-refractivity contribution >= 4 is 23.9 Å². The highest BCUT2D eigenvalue weighted by Gasteiger charge is 2.27. The number of hydrogen-bond acceptors (Lipinski definition) is 16. The standard InChI is InChI=1S/2C19H20O4.2C16H22O4/c1-2-12-22-19(21)18(13-15-8-4-3-5-9-15)23-17-11-7-6-10-16(17)14-20;1-2-11-22-19(21)18(13-15-7-4-3-5-8-15)23-17-10-6-9-16(12-17)14-20;1-4-9-19-16(18)15(10-12(2)3)20-14-8-6-5-7-13(14)11-17;1-4-8-19-16(18)15(9-12(2)3)20-14-7-5-6-13(10-14)11-17/h2-11,18,20H,1,12-14H2;2-10,12,18,20H,1,11,13-14H2;4-8,12,15,17H,1,9-11H2,2-3H3;4-7,10,12,15,17H,1,8-9,11H2,2-3H3/t2*18-;2*15-/m0000/s1. The van der Waals surface area contributed by atoms with Crippen molar-refractivity contribution in [3.05, 3.63) is 242 Å². The van der Waals surface area contributed by atoms with Crippen molar-refractivity contribution in [1.82, 2.24) is 0 Å². The Morgan fingerprint density at radius 2 is 0.674 bits per heavy atom. The van der Waals surface area contributed by atoms with E-state index in [0.29, 0.717) is 65.7 Å². The van der Waals surface area contributed by atoms with Crippen molar-refractivity contribution in [2.24, 2.45) is 11.8 Å². The summed E-state index contributed by atoms with van der Waals surface area (Å²) < 4.78 is 43.4. The van der Waals surface area contributed by atoms with Gasteiger partial charge in [0.05, 0.1) is 26.4 Å². The molecule has 0 saturated heterocycles. The van der Waals surface area contributed by atoms with Crippen molar-refractivity contribution in [2.75, 3.05) is 26.4 Å². The van der Waals surface area contributed by atoms with Crippen LogP contribution in [0.3, 0.4) is 0 Å². The summed E-state index contributed by atoms with van der Waals surface area (Å²) in [5.74, 6) is 0.951. The number of rotatable bonds is 32. The van der Waals surface area contributed by atoms with Gasteiger partial charge in [0, 0.05) is 24.0 Å². The average molecular weight is 1180 g/mol. The van der Waals surface area contributed by atoms with Gasteiger partial charge in [-0.05, 0) is 83.3 Å². The normalized spacial score (nSPS) is 11.7. The molecule has 4 N–H and O–H groups in total. The summed E-state index contributed by atoms with van der Waals surface area (Å²) in [5, 5.41) is 37.0. The molecule has 0 heterocycles. The van der Waals surface area contributed by atoms with E-state index in [1.807, 2.05) is 94.4 Å². The minimum atomic E-state index is -0.787. The Balaban J connectivity index is 0.000000301. The maximum absolute atomic E-state index is 12.3. The number of ether oxygens (including phenoxy) is 8. The van der Waals surface area contributed by atoms with Gasteiger partial charge in [0.1, 0.15) is 49.4 Å². The van der Waals surface area contributed by atoms with Crippen molar-refractivity contribution in [3.63, 3.8) is 0 Å². The number of benzene rings is 6. The lowest BCUT2D eigenvalue weighted by atomic mass is 10.1. The number of carbonyl (C=O) groups excluding carboxylic acids is 4. The minimum absolute atomic E-state index is 0.0625. The monoisotopic (exact) mass is 1180 g/mol. The maximum Gasteiger partial charge on any atom is 0.347 e. The number of esters is 4. The molecule has 0 aromatic heterocycles. The molecule has 0 radical (unpaired) electrons. The fourth-order valence-electron chi connectivity index (χ4n) is 7.75. The van der Waals surface area contributed by atoms with E-state index < -0.39 is 48.3 Å². The first-order valence-electron chi connectivity index (χ1n) is 28.2. The van der Waals surface area contributed by atoms with Gasteiger partial charge in [-0.25, -0.2) is 19.2 Å². The lowest BCUT2D eigenvalue weighted by Gasteiger charge is -2.20. The zero-order valence-corrected chi connectivity index (χ0v) is 49.8. The van der Waals surface area contributed by atoms with E-state index in [0.717, 1.165) is 22.3 Å². The summed E-state index contributed by atoms with van der Waals surface area (Å²) in [5.41, 5.74) is 4.69. The predicted molar refractivity (Wildman–Crippen MR) is 331 cm³/mol. The summed E-state index contributed by atoms with van der Waals surface area (Å²) in [6.45, 7) is 22.3. The van der Waals surface area contributed by atoms with Crippen LogP contribution in [-0.2, 0) is 77.4 Å². The van der Waals surface area contributed by atoms with Crippen LogP contribution in [0.15, 0.2) is 208 Å². The molecule has 460 valence electrons. The largest absolute Gasteiger partial charge is 0.479 e. The third-order valence-electron chi connectivity index (χ3n) is 11.9. The van der Waals surface area contributed by atoms with Crippen LogP contribution in [0.25, 0.3) is 0 Å². The highest BCUT2D eigenvalue weighted by atomic mass is 16.6. The molecule has 0 amide bonds. The van der Waals surface area contributed by atoms with E-state index in [1.165, 1.54) is 24.3 Å². The molecule has 6 aromatic rings. The van der Waals surface area contributed by atoms with Gasteiger partial charge in [0.2, 0.25) is 0 Å². The Morgan fingerprint density at radius 3 is 1.02 bits per heavy atom. The smallest absolute Gasteiger partial charge is 0.347 e. The van der Waals surface area contributed by atoms with Crippen molar-refractivity contribution in [3.8, 4) is 23.0 Å². The lowest BCUT2D eigenvalue weighted by molar-refractivity contribution is -0.152. The third kappa shape index (κ3) is 28.2. The zero-order chi connectivity index (χ0) is 62.9. The first-order valence-corrected chi connectivity index (χ1v) is 28.2. The van der Waals surface area contributed by atoms with Crippen LogP contribution in [0, 0.1) is 11.8 Å². The molecule has 0 fully saturated rings. The second kappa shape index (κ2) is 42.1. The quantitative estimate of drug-likeness (QED) is 0.0175. The van der Waals surface area contributed by atoms with E-state index in [4.69, 9.17) is 43.0 Å². The molecule has 86 heavy (non-hydrogen) atoms. The Kier molecular flexibility index (Phi) is 35.0. The molecule has 0 spiro atoms. The Hall–Kier alpha value is -8.80. The van der Waals surface area contributed by atoms with E-state index in [1.54, 1.807) is 91.0 Å². The Labute approximate surface area is 506 Å². The van der Waals surface area contributed by atoms with Crippen LogP contribution in [0.4, 0.5) is 0 Å². The van der Waals surface area contributed by atoms with E-state index in [9.17, 15) is 34.5 Å². The zero-order valence-electron chi connectivity index (χ0n) is 49.8.